The summed E-state index contributed by atoms with van der Waals surface area (Å²) in [5, 5.41) is 19.5. The molecule has 0 bridgehead atoms. The van der Waals surface area contributed by atoms with E-state index in [1.807, 2.05) is 0 Å². The first-order valence-corrected chi connectivity index (χ1v) is 7.40. The van der Waals surface area contributed by atoms with Gasteiger partial charge in [0.1, 0.15) is 11.8 Å². The third kappa shape index (κ3) is 5.00. The van der Waals surface area contributed by atoms with Crippen molar-refractivity contribution in [3.63, 3.8) is 0 Å². The zero-order chi connectivity index (χ0) is 16.0. The molecule has 0 saturated carbocycles. The monoisotopic (exact) mass is 310 g/mol. The average Bonchev–Trinajstić information content (AvgIpc) is 2.37. The Kier molecular flexibility index (Phi) is 5.09. The van der Waals surface area contributed by atoms with Crippen LogP contribution in [0.15, 0.2) is 23.3 Å². The third-order valence-electron chi connectivity index (χ3n) is 2.15. The summed E-state index contributed by atoms with van der Waals surface area (Å²) in [6.07, 6.45) is 1.01. The van der Waals surface area contributed by atoms with Gasteiger partial charge in [0.2, 0.25) is 15.7 Å². The number of benzene rings is 1. The molecule has 5 N–H and O–H groups in total. The molecule has 0 fully saturated rings. The molecule has 0 amide bonds. The van der Waals surface area contributed by atoms with Crippen molar-refractivity contribution < 1.29 is 13.2 Å². The molecular weight excluding hydrogens is 296 g/mol. The summed E-state index contributed by atoms with van der Waals surface area (Å²) in [5.41, 5.74) is 7.96. The quantitative estimate of drug-likeness (QED) is 0.336. The van der Waals surface area contributed by atoms with Crippen LogP contribution in [0.2, 0.25) is 0 Å². The van der Waals surface area contributed by atoms with E-state index in [0.29, 0.717) is 11.4 Å². The number of hydrogen-bond donors (Lipinski definition) is 4. The molecule has 21 heavy (non-hydrogen) atoms. The van der Waals surface area contributed by atoms with E-state index in [1.165, 1.54) is 19.2 Å². The first-order valence-electron chi connectivity index (χ1n) is 5.51. The van der Waals surface area contributed by atoms with E-state index in [4.69, 9.17) is 21.1 Å². The molecular formula is C11H14N6O3S. The molecule has 0 radical (unpaired) electrons. The predicted molar refractivity (Wildman–Crippen MR) is 80.0 cm³/mol. The maximum atomic E-state index is 11.3. The van der Waals surface area contributed by atoms with Gasteiger partial charge in [0.05, 0.1) is 24.7 Å². The average molecular weight is 310 g/mol. The Morgan fingerprint density at radius 3 is 2.67 bits per heavy atom. The Morgan fingerprint density at radius 1 is 1.52 bits per heavy atom. The maximum Gasteiger partial charge on any atom is 0.229 e. The maximum absolute atomic E-state index is 11.3. The number of hydrogen-bond acceptors (Lipinski definition) is 7. The highest BCUT2D eigenvalue weighted by molar-refractivity contribution is 7.92. The van der Waals surface area contributed by atoms with Crippen LogP contribution in [0.5, 0.6) is 5.75 Å². The Labute approximate surface area is 122 Å². The van der Waals surface area contributed by atoms with Crippen molar-refractivity contribution in [2.45, 2.75) is 0 Å². The van der Waals surface area contributed by atoms with Crippen molar-refractivity contribution in [3.8, 4) is 11.8 Å². The van der Waals surface area contributed by atoms with Crippen LogP contribution in [0.4, 0.5) is 11.4 Å². The van der Waals surface area contributed by atoms with Gasteiger partial charge in [0.25, 0.3) is 0 Å². The summed E-state index contributed by atoms with van der Waals surface area (Å²) in [4.78, 5) is 0. The highest BCUT2D eigenvalue weighted by Crippen LogP contribution is 2.28. The van der Waals surface area contributed by atoms with Gasteiger partial charge < -0.3 is 10.5 Å². The number of sulfonamides is 1. The van der Waals surface area contributed by atoms with Gasteiger partial charge in [0.15, 0.2) is 5.84 Å². The second-order valence-corrected chi connectivity index (χ2v) is 5.64. The van der Waals surface area contributed by atoms with Gasteiger partial charge >= 0.3 is 0 Å². The first-order chi connectivity index (χ1) is 9.76. The third-order valence-corrected chi connectivity index (χ3v) is 2.74. The molecule has 1 rings (SSSR count). The predicted octanol–water partition coefficient (Wildman–Crippen LogP) is 0.294. The zero-order valence-electron chi connectivity index (χ0n) is 11.3. The highest BCUT2D eigenvalue weighted by Gasteiger charge is 2.09. The molecule has 0 aliphatic heterocycles. The molecule has 9 nitrogen and oxygen atoms in total. The Hall–Kier alpha value is -2.80. The lowest BCUT2D eigenvalue weighted by Crippen LogP contribution is -2.21. The topological polar surface area (TPSA) is 153 Å². The number of rotatable bonds is 6. The summed E-state index contributed by atoms with van der Waals surface area (Å²) >= 11 is 0. The molecule has 10 heteroatoms. The van der Waals surface area contributed by atoms with Gasteiger partial charge in [0, 0.05) is 0 Å². The van der Waals surface area contributed by atoms with Crippen LogP contribution in [0.25, 0.3) is 0 Å². The number of anilines is 2. The van der Waals surface area contributed by atoms with E-state index >= 15 is 0 Å². The molecule has 1 aromatic carbocycles. The molecule has 0 unspecified atom stereocenters. The van der Waals surface area contributed by atoms with E-state index in [9.17, 15) is 8.42 Å². The first kappa shape index (κ1) is 16.3. The van der Waals surface area contributed by atoms with Crippen LogP contribution in [0, 0.1) is 16.7 Å². The van der Waals surface area contributed by atoms with E-state index < -0.39 is 15.9 Å². The minimum absolute atomic E-state index is 0.210. The molecule has 0 saturated heterocycles. The standard InChI is InChI=1S/C11H14N6O3S/c1-20-10-4-3-7(5-8(10)17-21(2,18)19)15-16-9(6-12)11(13)14/h3-5,15,17H,1-2H3,(H3,13,14)/b16-9+. The molecule has 112 valence electrons. The largest absolute Gasteiger partial charge is 0.495 e. The van der Waals surface area contributed by atoms with E-state index in [-0.39, 0.29) is 11.4 Å². The second-order valence-electron chi connectivity index (χ2n) is 3.89. The number of amidine groups is 1. The van der Waals surface area contributed by atoms with Crippen LogP contribution >= 0.6 is 0 Å². The Morgan fingerprint density at radius 2 is 2.19 bits per heavy atom. The van der Waals surface area contributed by atoms with Crippen LogP contribution in [-0.2, 0) is 10.0 Å². The summed E-state index contributed by atoms with van der Waals surface area (Å²) in [6, 6.07) is 6.16. The van der Waals surface area contributed by atoms with Crippen molar-refractivity contribution in [2.24, 2.45) is 10.8 Å². The molecule has 1 aromatic rings. The minimum atomic E-state index is -3.48. The number of ether oxygens (including phenoxy) is 1. The zero-order valence-corrected chi connectivity index (χ0v) is 12.2. The smallest absolute Gasteiger partial charge is 0.229 e. The van der Waals surface area contributed by atoms with Crippen LogP contribution < -0.4 is 20.6 Å². The normalized spacial score (nSPS) is 11.4. The number of nitrogens with one attached hydrogen (secondary N) is 3. The lowest BCUT2D eigenvalue weighted by Gasteiger charge is -2.11. The van der Waals surface area contributed by atoms with E-state index in [0.717, 1.165) is 6.26 Å². The summed E-state index contributed by atoms with van der Waals surface area (Å²) < 4.78 is 29.9. The lowest BCUT2D eigenvalue weighted by molar-refractivity contribution is 0.417. The van der Waals surface area contributed by atoms with Crippen molar-refractivity contribution in [2.75, 3.05) is 23.5 Å². The fraction of sp³-hybridized carbons (Fsp3) is 0.182. The fourth-order valence-corrected chi connectivity index (χ4v) is 1.88. The second kappa shape index (κ2) is 6.58. The van der Waals surface area contributed by atoms with Gasteiger partial charge in [-0.1, -0.05) is 0 Å². The number of methoxy groups -OCH3 is 1. The fourth-order valence-electron chi connectivity index (χ4n) is 1.32. The van der Waals surface area contributed by atoms with Crippen LogP contribution in [0.1, 0.15) is 0 Å². The highest BCUT2D eigenvalue weighted by atomic mass is 32.2. The Balaban J connectivity index is 3.09. The van der Waals surface area contributed by atoms with Crippen LogP contribution in [0.3, 0.4) is 0 Å². The number of nitrogens with two attached hydrogens (primary N) is 1. The van der Waals surface area contributed by atoms with Gasteiger partial charge in [-0.2, -0.15) is 10.4 Å². The SMILES string of the molecule is COc1ccc(N/N=C(\C#N)C(=N)N)cc1NS(C)(=O)=O. The van der Waals surface area contributed by atoms with E-state index in [2.05, 4.69) is 15.2 Å². The van der Waals surface area contributed by atoms with Crippen molar-refractivity contribution in [1.29, 1.82) is 10.7 Å². The van der Waals surface area contributed by atoms with Gasteiger partial charge in [-0.3, -0.25) is 15.6 Å². The molecule has 0 heterocycles. The van der Waals surface area contributed by atoms with Crippen molar-refractivity contribution in [3.05, 3.63) is 18.2 Å². The minimum Gasteiger partial charge on any atom is -0.495 e. The number of nitrogens with zero attached hydrogens (tertiary/aromatic N) is 2. The van der Waals surface area contributed by atoms with Gasteiger partial charge in [-0.25, -0.2) is 8.42 Å². The van der Waals surface area contributed by atoms with Gasteiger partial charge in [-0.15, -0.1) is 0 Å². The summed E-state index contributed by atoms with van der Waals surface area (Å²) in [7, 11) is -2.08. The van der Waals surface area contributed by atoms with Crippen LogP contribution in [-0.4, -0.2) is 33.3 Å². The number of nitriles is 1. The molecule has 0 spiro atoms. The Bertz CT molecular complexity index is 720. The summed E-state index contributed by atoms with van der Waals surface area (Å²) in [5.74, 6) is -0.157. The number of hydrazone groups is 1. The van der Waals surface area contributed by atoms with Crippen molar-refractivity contribution >= 4 is 32.9 Å². The van der Waals surface area contributed by atoms with Crippen molar-refractivity contribution in [1.82, 2.24) is 0 Å². The van der Waals surface area contributed by atoms with Gasteiger partial charge in [-0.05, 0) is 18.2 Å². The lowest BCUT2D eigenvalue weighted by atomic mass is 10.2. The summed E-state index contributed by atoms with van der Waals surface area (Å²) in [6.45, 7) is 0. The molecule has 0 atom stereocenters. The molecule has 0 aliphatic rings. The van der Waals surface area contributed by atoms with E-state index in [1.54, 1.807) is 12.1 Å². The molecule has 0 aliphatic carbocycles. The molecule has 0 aromatic heterocycles.